The topological polar surface area (TPSA) is 41.4 Å². The van der Waals surface area contributed by atoms with E-state index in [2.05, 4.69) is 54.2 Å². The van der Waals surface area contributed by atoms with E-state index >= 15 is 0 Å². The van der Waals surface area contributed by atoms with Crippen LogP contribution in [0, 0.1) is 0 Å². The van der Waals surface area contributed by atoms with Crippen LogP contribution in [0.25, 0.3) is 0 Å². The summed E-state index contributed by atoms with van der Waals surface area (Å²) >= 11 is 0. The van der Waals surface area contributed by atoms with E-state index in [1.807, 2.05) is 17.8 Å². The van der Waals surface area contributed by atoms with Gasteiger partial charge in [0.25, 0.3) is 0 Å². The van der Waals surface area contributed by atoms with Gasteiger partial charge in [0, 0.05) is 32.6 Å². The Hall–Kier alpha value is -2.14. The lowest BCUT2D eigenvalue weighted by atomic mass is 9.77. The predicted octanol–water partition coefficient (Wildman–Crippen LogP) is 3.70. The molecular weight excluding hydrogens is 360 g/mol. The van der Waals surface area contributed by atoms with E-state index in [1.54, 1.807) is 0 Å². The zero-order valence-corrected chi connectivity index (χ0v) is 18.1. The molecule has 1 aliphatic carbocycles. The molecule has 1 amide bonds. The second-order valence-corrected chi connectivity index (χ2v) is 9.17. The number of aromatic nitrogens is 2. The van der Waals surface area contributed by atoms with Crippen LogP contribution >= 0.6 is 0 Å². The highest BCUT2D eigenvalue weighted by Gasteiger charge is 2.45. The van der Waals surface area contributed by atoms with Crippen molar-refractivity contribution >= 4 is 5.91 Å². The first kappa shape index (κ1) is 20.1. The first-order chi connectivity index (χ1) is 14.0. The van der Waals surface area contributed by atoms with E-state index in [9.17, 15) is 4.79 Å². The second kappa shape index (κ2) is 8.31. The molecule has 5 nitrogen and oxygen atoms in total. The highest BCUT2D eigenvalue weighted by atomic mass is 16.2. The maximum Gasteiger partial charge on any atom is 0.233 e. The standard InChI is InChI=1S/C24H34N4O/c1-26(2)18-21-16-22(25-27(21)3)19-10-9-15-28(17-19)23(29)24(13-7-8-14-24)20-11-5-4-6-12-20/h4-6,11-12,16,19H,7-10,13-15,17-18H2,1-3H3. The zero-order valence-electron chi connectivity index (χ0n) is 18.1. The summed E-state index contributed by atoms with van der Waals surface area (Å²) in [4.78, 5) is 18.1. The van der Waals surface area contributed by atoms with Gasteiger partial charge in [-0.15, -0.1) is 0 Å². The molecule has 0 radical (unpaired) electrons. The molecule has 1 aromatic carbocycles. The van der Waals surface area contributed by atoms with Gasteiger partial charge in [0.1, 0.15) is 0 Å². The van der Waals surface area contributed by atoms with E-state index in [1.165, 1.54) is 11.3 Å². The molecule has 1 aliphatic heterocycles. The van der Waals surface area contributed by atoms with Crippen LogP contribution in [0.2, 0.25) is 0 Å². The Morgan fingerprint density at radius 3 is 2.59 bits per heavy atom. The molecule has 2 aliphatic rings. The normalized spacial score (nSPS) is 21.7. The van der Waals surface area contributed by atoms with Gasteiger partial charge in [-0.05, 0) is 51.4 Å². The van der Waals surface area contributed by atoms with Crippen molar-refractivity contribution < 1.29 is 4.79 Å². The van der Waals surface area contributed by atoms with Crippen LogP contribution in [0.1, 0.15) is 61.4 Å². The molecule has 1 aromatic heterocycles. The average Bonchev–Trinajstić information content (AvgIpc) is 3.36. The number of amides is 1. The first-order valence-electron chi connectivity index (χ1n) is 11.0. The van der Waals surface area contributed by atoms with Gasteiger partial charge in [-0.3, -0.25) is 9.48 Å². The van der Waals surface area contributed by atoms with Crippen molar-refractivity contribution in [1.82, 2.24) is 19.6 Å². The number of nitrogens with zero attached hydrogens (tertiary/aromatic N) is 4. The fraction of sp³-hybridized carbons (Fsp3) is 0.583. The molecular formula is C24H34N4O. The Morgan fingerprint density at radius 2 is 1.90 bits per heavy atom. The molecule has 0 N–H and O–H groups in total. The number of likely N-dealkylation sites (tertiary alicyclic amines) is 1. The number of carbonyl (C=O) groups excluding carboxylic acids is 1. The SMILES string of the molecule is CN(C)Cc1cc(C2CCCN(C(=O)C3(c4ccccc4)CCCC3)C2)nn1C. The van der Waals surface area contributed by atoms with Gasteiger partial charge in [0.2, 0.25) is 5.91 Å². The molecule has 2 heterocycles. The third-order valence-electron chi connectivity index (χ3n) is 6.79. The molecule has 1 saturated carbocycles. The number of rotatable bonds is 5. The number of aryl methyl sites for hydroxylation is 1. The van der Waals surface area contributed by atoms with Crippen molar-refractivity contribution in [1.29, 1.82) is 0 Å². The van der Waals surface area contributed by atoms with Gasteiger partial charge in [-0.25, -0.2) is 0 Å². The Bertz CT molecular complexity index is 836. The molecule has 156 valence electrons. The molecule has 2 fully saturated rings. The van der Waals surface area contributed by atoms with Crippen LogP contribution in [0.3, 0.4) is 0 Å². The molecule has 1 unspecified atom stereocenters. The van der Waals surface area contributed by atoms with Crippen molar-refractivity contribution in [3.63, 3.8) is 0 Å². The van der Waals surface area contributed by atoms with Crippen molar-refractivity contribution in [3.8, 4) is 0 Å². The number of hydrogen-bond donors (Lipinski definition) is 0. The lowest BCUT2D eigenvalue weighted by Crippen LogP contribution is -2.49. The van der Waals surface area contributed by atoms with E-state index in [0.29, 0.717) is 11.8 Å². The predicted molar refractivity (Wildman–Crippen MR) is 116 cm³/mol. The van der Waals surface area contributed by atoms with Crippen LogP contribution in [0.4, 0.5) is 0 Å². The quantitative estimate of drug-likeness (QED) is 0.776. The molecule has 0 bridgehead atoms. The summed E-state index contributed by atoms with van der Waals surface area (Å²) in [5, 5.41) is 4.81. The van der Waals surface area contributed by atoms with E-state index in [0.717, 1.165) is 63.9 Å². The monoisotopic (exact) mass is 394 g/mol. The largest absolute Gasteiger partial charge is 0.341 e. The van der Waals surface area contributed by atoms with Crippen LogP contribution in [0.5, 0.6) is 0 Å². The minimum Gasteiger partial charge on any atom is -0.341 e. The maximum atomic E-state index is 13.8. The summed E-state index contributed by atoms with van der Waals surface area (Å²) in [5.74, 6) is 0.680. The van der Waals surface area contributed by atoms with Crippen LogP contribution in [0.15, 0.2) is 36.4 Å². The highest BCUT2D eigenvalue weighted by Crippen LogP contribution is 2.43. The van der Waals surface area contributed by atoms with Gasteiger partial charge in [-0.1, -0.05) is 43.2 Å². The summed E-state index contributed by atoms with van der Waals surface area (Å²) in [5.41, 5.74) is 3.26. The van der Waals surface area contributed by atoms with Crippen molar-refractivity contribution in [2.75, 3.05) is 27.2 Å². The fourth-order valence-electron chi connectivity index (χ4n) is 5.27. The Morgan fingerprint density at radius 1 is 1.17 bits per heavy atom. The molecule has 29 heavy (non-hydrogen) atoms. The second-order valence-electron chi connectivity index (χ2n) is 9.17. The van der Waals surface area contributed by atoms with Gasteiger partial charge >= 0.3 is 0 Å². The van der Waals surface area contributed by atoms with E-state index in [-0.39, 0.29) is 5.41 Å². The van der Waals surface area contributed by atoms with Gasteiger partial charge in [0.15, 0.2) is 0 Å². The summed E-state index contributed by atoms with van der Waals surface area (Å²) in [6.07, 6.45) is 6.42. The molecule has 5 heteroatoms. The van der Waals surface area contributed by atoms with Gasteiger partial charge < -0.3 is 9.80 Å². The Kier molecular flexibility index (Phi) is 5.77. The zero-order chi connectivity index (χ0) is 20.4. The summed E-state index contributed by atoms with van der Waals surface area (Å²) in [7, 11) is 6.19. The Labute approximate surface area is 174 Å². The summed E-state index contributed by atoms with van der Waals surface area (Å²) < 4.78 is 2.00. The molecule has 1 saturated heterocycles. The minimum absolute atomic E-state index is 0.316. The lowest BCUT2D eigenvalue weighted by molar-refractivity contribution is -0.138. The first-order valence-corrected chi connectivity index (χ1v) is 11.0. The lowest BCUT2D eigenvalue weighted by Gasteiger charge is -2.39. The van der Waals surface area contributed by atoms with Crippen LogP contribution in [-0.4, -0.2) is 52.7 Å². The van der Waals surface area contributed by atoms with Gasteiger partial charge in [-0.2, -0.15) is 5.10 Å². The minimum atomic E-state index is -0.316. The third kappa shape index (κ3) is 3.97. The van der Waals surface area contributed by atoms with Crippen LogP contribution < -0.4 is 0 Å². The summed E-state index contributed by atoms with van der Waals surface area (Å²) in [6.45, 7) is 2.56. The third-order valence-corrected chi connectivity index (χ3v) is 6.79. The average molecular weight is 395 g/mol. The van der Waals surface area contributed by atoms with Crippen molar-refractivity contribution in [2.24, 2.45) is 7.05 Å². The molecule has 4 rings (SSSR count). The molecule has 1 atom stereocenters. The molecule has 0 spiro atoms. The van der Waals surface area contributed by atoms with Crippen molar-refractivity contribution in [2.45, 2.75) is 56.4 Å². The number of hydrogen-bond acceptors (Lipinski definition) is 3. The number of benzene rings is 1. The number of carbonyl (C=O) groups is 1. The van der Waals surface area contributed by atoms with Gasteiger partial charge in [0.05, 0.1) is 16.8 Å². The summed E-state index contributed by atoms with van der Waals surface area (Å²) in [6, 6.07) is 12.7. The smallest absolute Gasteiger partial charge is 0.233 e. The van der Waals surface area contributed by atoms with Crippen molar-refractivity contribution in [3.05, 3.63) is 53.3 Å². The maximum absolute atomic E-state index is 13.8. The van der Waals surface area contributed by atoms with E-state index in [4.69, 9.17) is 5.10 Å². The number of piperidine rings is 1. The molecule has 2 aromatic rings. The van der Waals surface area contributed by atoms with E-state index < -0.39 is 0 Å². The van der Waals surface area contributed by atoms with Crippen LogP contribution in [-0.2, 0) is 23.8 Å². The fourth-order valence-corrected chi connectivity index (χ4v) is 5.27. The Balaban J connectivity index is 1.54. The highest BCUT2D eigenvalue weighted by molar-refractivity contribution is 5.88.